The van der Waals surface area contributed by atoms with Gasteiger partial charge >= 0.3 is 0 Å². The van der Waals surface area contributed by atoms with E-state index in [0.29, 0.717) is 27.3 Å². The predicted octanol–water partition coefficient (Wildman–Crippen LogP) is 6.81. The van der Waals surface area contributed by atoms with Crippen molar-refractivity contribution in [3.8, 4) is 17.4 Å². The second-order valence-electron chi connectivity index (χ2n) is 9.21. The third-order valence-electron chi connectivity index (χ3n) is 5.99. The molecule has 5 nitrogen and oxygen atoms in total. The van der Waals surface area contributed by atoms with Crippen LogP contribution in [0.5, 0.6) is 0 Å². The van der Waals surface area contributed by atoms with Gasteiger partial charge < -0.3 is 9.73 Å². The minimum atomic E-state index is -0.464. The topological polar surface area (TPSA) is 78.1 Å². The maximum atomic E-state index is 12.6. The zero-order valence-corrected chi connectivity index (χ0v) is 21.0. The lowest BCUT2D eigenvalue weighted by molar-refractivity contribution is 0.0951. The Hall–Kier alpha value is -2.66. The zero-order valence-electron chi connectivity index (χ0n) is 18.6. The second kappa shape index (κ2) is 9.30. The fourth-order valence-corrected chi connectivity index (χ4v) is 5.82. The summed E-state index contributed by atoms with van der Waals surface area (Å²) in [5.41, 5.74) is 2.73. The fourth-order valence-electron chi connectivity index (χ4n) is 4.09. The van der Waals surface area contributed by atoms with Crippen LogP contribution in [0.4, 0.5) is 5.00 Å². The van der Waals surface area contributed by atoms with E-state index in [9.17, 15) is 10.1 Å². The molecule has 0 saturated heterocycles. The average molecular weight is 498 g/mol. The number of halogens is 1. The molecule has 0 aliphatic heterocycles. The number of carbonyl (C=O) groups excluding carboxylic acids is 1. The normalized spacial score (nSPS) is 15.4. The summed E-state index contributed by atoms with van der Waals surface area (Å²) in [6.07, 6.45) is 2.91. The Morgan fingerprint density at radius 2 is 2.09 bits per heavy atom. The summed E-state index contributed by atoms with van der Waals surface area (Å²) in [6, 6.07) is 12.8. The summed E-state index contributed by atoms with van der Waals surface area (Å²) < 4.78 is 5.68. The molecule has 2 aromatic heterocycles. The Balaban J connectivity index is 1.45. The Morgan fingerprint density at radius 1 is 1.30 bits per heavy atom. The molecule has 0 spiro atoms. The summed E-state index contributed by atoms with van der Waals surface area (Å²) in [5.74, 6) is 0.775. The van der Waals surface area contributed by atoms with Gasteiger partial charge in [0.2, 0.25) is 0 Å². The van der Waals surface area contributed by atoms with Crippen LogP contribution in [0.3, 0.4) is 0 Å². The number of carbonyl (C=O) groups is 1. The number of thiophene rings is 1. The Morgan fingerprint density at radius 3 is 2.79 bits per heavy atom. The predicted molar refractivity (Wildman–Crippen MR) is 137 cm³/mol. The van der Waals surface area contributed by atoms with Gasteiger partial charge in [-0.3, -0.25) is 10.1 Å². The van der Waals surface area contributed by atoms with E-state index < -0.39 is 5.91 Å². The summed E-state index contributed by atoms with van der Waals surface area (Å²) >= 11 is 12.9. The third-order valence-corrected chi connectivity index (χ3v) is 7.60. The van der Waals surface area contributed by atoms with Gasteiger partial charge in [0.25, 0.3) is 5.91 Å². The van der Waals surface area contributed by atoms with Crippen LogP contribution in [-0.2, 0) is 12.8 Å². The number of nitrogens with one attached hydrogen (secondary N) is 2. The number of hydrogen-bond acceptors (Lipinski definition) is 5. The van der Waals surface area contributed by atoms with Crippen LogP contribution in [0.25, 0.3) is 11.3 Å². The van der Waals surface area contributed by atoms with Crippen LogP contribution in [-0.4, -0.2) is 11.0 Å². The number of thiocarbonyl (C=S) groups is 1. The number of rotatable bonds is 3. The molecule has 2 heterocycles. The van der Waals surface area contributed by atoms with Crippen LogP contribution in [0.1, 0.15) is 53.8 Å². The largest absolute Gasteiger partial charge is 0.451 e. The molecule has 0 saturated carbocycles. The van der Waals surface area contributed by atoms with E-state index in [-0.39, 0.29) is 16.3 Å². The Bertz CT molecular complexity index is 1260. The molecule has 0 bridgehead atoms. The van der Waals surface area contributed by atoms with E-state index in [0.717, 1.165) is 30.4 Å². The molecule has 8 heteroatoms. The quantitative estimate of drug-likeness (QED) is 0.388. The minimum absolute atomic E-state index is 0.128. The van der Waals surface area contributed by atoms with Gasteiger partial charge in [0, 0.05) is 15.5 Å². The second-order valence-corrected chi connectivity index (χ2v) is 11.2. The lowest BCUT2D eigenvalue weighted by Crippen LogP contribution is -2.33. The molecule has 33 heavy (non-hydrogen) atoms. The number of benzene rings is 1. The smallest absolute Gasteiger partial charge is 0.293 e. The van der Waals surface area contributed by atoms with Crippen molar-refractivity contribution in [1.82, 2.24) is 5.32 Å². The molecule has 170 valence electrons. The molecule has 1 aliphatic rings. The Labute approximate surface area is 207 Å². The summed E-state index contributed by atoms with van der Waals surface area (Å²) in [5, 5.41) is 16.8. The van der Waals surface area contributed by atoms with Crippen LogP contribution >= 0.6 is 35.2 Å². The highest BCUT2D eigenvalue weighted by Crippen LogP contribution is 2.44. The van der Waals surface area contributed by atoms with Crippen molar-refractivity contribution < 1.29 is 9.21 Å². The van der Waals surface area contributed by atoms with Gasteiger partial charge in [-0.1, -0.05) is 44.5 Å². The molecule has 1 aliphatic carbocycles. The Kier molecular flexibility index (Phi) is 6.62. The van der Waals surface area contributed by atoms with E-state index in [2.05, 4.69) is 37.5 Å². The summed E-state index contributed by atoms with van der Waals surface area (Å²) in [6.45, 7) is 6.78. The SMILES string of the molecule is CC(C)(C)C1CCc2c(sc(NC(=S)NC(=O)c3ccc(-c4cccc(Cl)c4)o3)c2C#N)C1. The maximum absolute atomic E-state index is 12.6. The van der Waals surface area contributed by atoms with Crippen molar-refractivity contribution in [2.24, 2.45) is 11.3 Å². The standard InChI is InChI=1S/C25H24ClN3O2S2/c1-25(2,3)15-7-8-17-18(13-27)23(33-21(17)12-15)29-24(32)28-22(30)20-10-9-19(31-20)14-5-4-6-16(26)11-14/h4-6,9-11,15H,7-8,12H2,1-3H3,(H2,28,29,30,32). The highest BCUT2D eigenvalue weighted by molar-refractivity contribution is 7.80. The number of nitrogens with zero attached hydrogens (tertiary/aromatic N) is 1. The summed E-state index contributed by atoms with van der Waals surface area (Å²) in [7, 11) is 0. The molecule has 2 N–H and O–H groups in total. The fraction of sp³-hybridized carbons (Fsp3) is 0.320. The average Bonchev–Trinajstić information content (AvgIpc) is 3.37. The van der Waals surface area contributed by atoms with Gasteiger partial charge in [-0.25, -0.2) is 0 Å². The lowest BCUT2D eigenvalue weighted by Gasteiger charge is -2.33. The monoisotopic (exact) mass is 497 g/mol. The van der Waals surface area contributed by atoms with Gasteiger partial charge in [0.15, 0.2) is 10.9 Å². The molecular weight excluding hydrogens is 474 g/mol. The van der Waals surface area contributed by atoms with Gasteiger partial charge in [-0.2, -0.15) is 5.26 Å². The van der Waals surface area contributed by atoms with Crippen molar-refractivity contribution in [1.29, 1.82) is 5.26 Å². The van der Waals surface area contributed by atoms with Crippen molar-refractivity contribution in [2.45, 2.75) is 40.0 Å². The summed E-state index contributed by atoms with van der Waals surface area (Å²) in [4.78, 5) is 13.9. The maximum Gasteiger partial charge on any atom is 0.293 e. The zero-order chi connectivity index (χ0) is 23.8. The number of fused-ring (bicyclic) bond motifs is 1. The molecule has 0 radical (unpaired) electrons. The van der Waals surface area contributed by atoms with Gasteiger partial charge in [-0.15, -0.1) is 11.3 Å². The number of furan rings is 1. The van der Waals surface area contributed by atoms with Crippen molar-refractivity contribution in [3.05, 3.63) is 63.2 Å². The molecule has 1 atom stereocenters. The van der Waals surface area contributed by atoms with E-state index in [4.69, 9.17) is 28.2 Å². The van der Waals surface area contributed by atoms with Crippen molar-refractivity contribution in [3.63, 3.8) is 0 Å². The van der Waals surface area contributed by atoms with E-state index in [1.54, 1.807) is 35.6 Å². The highest BCUT2D eigenvalue weighted by atomic mass is 35.5. The van der Waals surface area contributed by atoms with Gasteiger partial charge in [0.1, 0.15) is 16.8 Å². The molecule has 1 aromatic carbocycles. The third kappa shape index (κ3) is 5.14. The van der Waals surface area contributed by atoms with Crippen LogP contribution in [0.15, 0.2) is 40.8 Å². The van der Waals surface area contributed by atoms with Gasteiger partial charge in [0.05, 0.1) is 5.56 Å². The number of anilines is 1. The van der Waals surface area contributed by atoms with Crippen LogP contribution < -0.4 is 10.6 Å². The van der Waals surface area contributed by atoms with Gasteiger partial charge in [-0.05, 0) is 72.6 Å². The van der Waals surface area contributed by atoms with Crippen LogP contribution in [0, 0.1) is 22.7 Å². The first-order valence-corrected chi connectivity index (χ1v) is 12.3. The number of amides is 1. The van der Waals surface area contributed by atoms with E-state index >= 15 is 0 Å². The first kappa shape index (κ1) is 23.5. The minimum Gasteiger partial charge on any atom is -0.451 e. The van der Waals surface area contributed by atoms with E-state index in [1.165, 1.54) is 4.88 Å². The number of hydrogen-bond donors (Lipinski definition) is 2. The van der Waals surface area contributed by atoms with E-state index in [1.807, 2.05) is 12.1 Å². The first-order valence-electron chi connectivity index (χ1n) is 10.7. The first-order chi connectivity index (χ1) is 15.7. The molecule has 1 unspecified atom stereocenters. The molecule has 3 aromatic rings. The molecule has 0 fully saturated rings. The molecule has 1 amide bonds. The molecular formula is C25H24ClN3O2S2. The van der Waals surface area contributed by atoms with Crippen molar-refractivity contribution >= 4 is 51.2 Å². The lowest BCUT2D eigenvalue weighted by atomic mass is 9.72. The number of nitriles is 1. The van der Waals surface area contributed by atoms with Crippen molar-refractivity contribution in [2.75, 3.05) is 5.32 Å². The van der Waals surface area contributed by atoms with Crippen LogP contribution in [0.2, 0.25) is 5.02 Å². The highest BCUT2D eigenvalue weighted by Gasteiger charge is 2.32. The molecule has 4 rings (SSSR count).